The summed E-state index contributed by atoms with van der Waals surface area (Å²) < 4.78 is 0. The largest absolute Gasteiger partial charge is 0.303 e. The molecule has 1 unspecified atom stereocenters. The highest BCUT2D eigenvalue weighted by atomic mass is 16.1. The van der Waals surface area contributed by atoms with Gasteiger partial charge in [0.1, 0.15) is 12.6 Å². The summed E-state index contributed by atoms with van der Waals surface area (Å²) >= 11 is 0. The van der Waals surface area contributed by atoms with E-state index in [1.54, 1.807) is 0 Å². The normalized spacial score (nSPS) is 30.8. The van der Waals surface area contributed by atoms with Crippen molar-refractivity contribution in [3.8, 4) is 0 Å². The quantitative estimate of drug-likeness (QED) is 0.625. The summed E-state index contributed by atoms with van der Waals surface area (Å²) in [4.78, 5) is 20.8. The summed E-state index contributed by atoms with van der Waals surface area (Å²) in [5, 5.41) is 0. The minimum Gasteiger partial charge on any atom is -0.303 e. The predicted molar refractivity (Wildman–Crippen MR) is 51.4 cm³/mol. The van der Waals surface area contributed by atoms with Gasteiger partial charge in [-0.05, 0) is 37.5 Å². The van der Waals surface area contributed by atoms with Crippen LogP contribution in [0.3, 0.4) is 0 Å². The average Bonchev–Trinajstić information content (AvgIpc) is 2.18. The second kappa shape index (κ2) is 5.15. The number of aldehydes is 2. The van der Waals surface area contributed by atoms with Crippen LogP contribution in [0, 0.1) is 17.8 Å². The van der Waals surface area contributed by atoms with Crippen molar-refractivity contribution >= 4 is 12.6 Å². The SMILES string of the molecule is CC(CC=O)C1CCC(C=O)CC1. The van der Waals surface area contributed by atoms with E-state index in [9.17, 15) is 9.59 Å². The third-order valence-electron chi connectivity index (χ3n) is 3.28. The molecule has 0 spiro atoms. The molecule has 74 valence electrons. The Bertz CT molecular complexity index is 169. The molecule has 0 heterocycles. The summed E-state index contributed by atoms with van der Waals surface area (Å²) in [6, 6.07) is 0. The van der Waals surface area contributed by atoms with Crippen molar-refractivity contribution < 1.29 is 9.59 Å². The average molecular weight is 182 g/mol. The second-order valence-electron chi connectivity index (χ2n) is 4.19. The zero-order chi connectivity index (χ0) is 9.68. The van der Waals surface area contributed by atoms with Crippen LogP contribution in [0.5, 0.6) is 0 Å². The van der Waals surface area contributed by atoms with Crippen molar-refractivity contribution in [3.05, 3.63) is 0 Å². The van der Waals surface area contributed by atoms with Crippen LogP contribution in [0.2, 0.25) is 0 Å². The molecule has 1 aliphatic rings. The molecule has 2 nitrogen and oxygen atoms in total. The molecule has 0 aliphatic heterocycles. The minimum absolute atomic E-state index is 0.291. The van der Waals surface area contributed by atoms with Gasteiger partial charge in [-0.2, -0.15) is 0 Å². The van der Waals surface area contributed by atoms with Crippen molar-refractivity contribution in [2.45, 2.75) is 39.0 Å². The lowest BCUT2D eigenvalue weighted by atomic mass is 9.76. The van der Waals surface area contributed by atoms with E-state index < -0.39 is 0 Å². The van der Waals surface area contributed by atoms with Crippen LogP contribution < -0.4 is 0 Å². The van der Waals surface area contributed by atoms with Crippen molar-refractivity contribution in [2.75, 3.05) is 0 Å². The smallest absolute Gasteiger partial charge is 0.123 e. The Morgan fingerprint density at radius 2 is 1.85 bits per heavy atom. The fraction of sp³-hybridized carbons (Fsp3) is 0.818. The summed E-state index contributed by atoms with van der Waals surface area (Å²) in [6.45, 7) is 2.14. The van der Waals surface area contributed by atoms with Gasteiger partial charge in [0.25, 0.3) is 0 Å². The van der Waals surface area contributed by atoms with Gasteiger partial charge in [0, 0.05) is 12.3 Å². The lowest BCUT2D eigenvalue weighted by molar-refractivity contribution is -0.113. The molecule has 0 aromatic carbocycles. The Morgan fingerprint density at radius 3 is 2.31 bits per heavy atom. The lowest BCUT2D eigenvalue weighted by Gasteiger charge is -2.29. The van der Waals surface area contributed by atoms with Crippen LogP contribution >= 0.6 is 0 Å². The molecular formula is C11H18O2. The molecule has 0 aromatic heterocycles. The maximum Gasteiger partial charge on any atom is 0.123 e. The fourth-order valence-electron chi connectivity index (χ4n) is 2.19. The van der Waals surface area contributed by atoms with Gasteiger partial charge in [0.05, 0.1) is 0 Å². The summed E-state index contributed by atoms with van der Waals surface area (Å²) in [5.41, 5.74) is 0. The van der Waals surface area contributed by atoms with E-state index in [4.69, 9.17) is 0 Å². The zero-order valence-electron chi connectivity index (χ0n) is 8.24. The van der Waals surface area contributed by atoms with E-state index in [2.05, 4.69) is 6.92 Å². The topological polar surface area (TPSA) is 34.1 Å². The Morgan fingerprint density at radius 1 is 1.23 bits per heavy atom. The third kappa shape index (κ3) is 2.94. The van der Waals surface area contributed by atoms with E-state index in [0.717, 1.165) is 38.3 Å². The van der Waals surface area contributed by atoms with Crippen LogP contribution in [-0.4, -0.2) is 12.6 Å². The molecule has 1 atom stereocenters. The van der Waals surface area contributed by atoms with E-state index >= 15 is 0 Å². The number of carbonyl (C=O) groups excluding carboxylic acids is 2. The second-order valence-corrected chi connectivity index (χ2v) is 4.19. The molecule has 0 N–H and O–H groups in total. The molecule has 2 heteroatoms. The molecule has 0 saturated heterocycles. The van der Waals surface area contributed by atoms with Crippen LogP contribution in [-0.2, 0) is 9.59 Å². The maximum absolute atomic E-state index is 10.5. The predicted octanol–water partition coefficient (Wildman–Crippen LogP) is 2.22. The number of hydrogen-bond donors (Lipinski definition) is 0. The maximum atomic E-state index is 10.5. The van der Waals surface area contributed by atoms with Gasteiger partial charge in [0.2, 0.25) is 0 Å². The van der Waals surface area contributed by atoms with Crippen molar-refractivity contribution in [1.82, 2.24) is 0 Å². The van der Waals surface area contributed by atoms with Crippen LogP contribution in [0.25, 0.3) is 0 Å². The van der Waals surface area contributed by atoms with Gasteiger partial charge < -0.3 is 9.59 Å². The van der Waals surface area contributed by atoms with Gasteiger partial charge in [-0.25, -0.2) is 0 Å². The molecule has 1 rings (SSSR count). The first-order valence-corrected chi connectivity index (χ1v) is 5.16. The molecular weight excluding hydrogens is 164 g/mol. The Labute approximate surface area is 79.7 Å². The van der Waals surface area contributed by atoms with Gasteiger partial charge in [-0.1, -0.05) is 6.92 Å². The van der Waals surface area contributed by atoms with Gasteiger partial charge in [-0.15, -0.1) is 0 Å². The van der Waals surface area contributed by atoms with E-state index in [1.165, 1.54) is 0 Å². The van der Waals surface area contributed by atoms with Crippen molar-refractivity contribution in [2.24, 2.45) is 17.8 Å². The molecule has 13 heavy (non-hydrogen) atoms. The highest BCUT2D eigenvalue weighted by Gasteiger charge is 2.24. The zero-order valence-corrected chi connectivity index (χ0v) is 8.24. The minimum atomic E-state index is 0.291. The first-order valence-electron chi connectivity index (χ1n) is 5.16. The van der Waals surface area contributed by atoms with Gasteiger partial charge in [-0.3, -0.25) is 0 Å². The Kier molecular flexibility index (Phi) is 4.13. The van der Waals surface area contributed by atoms with E-state index in [0.29, 0.717) is 24.2 Å². The van der Waals surface area contributed by atoms with Crippen molar-refractivity contribution in [1.29, 1.82) is 0 Å². The number of carbonyl (C=O) groups is 2. The molecule has 1 aliphatic carbocycles. The van der Waals surface area contributed by atoms with E-state index in [-0.39, 0.29) is 0 Å². The number of rotatable bonds is 4. The lowest BCUT2D eigenvalue weighted by Crippen LogP contribution is -2.20. The number of hydrogen-bond acceptors (Lipinski definition) is 2. The molecule has 1 saturated carbocycles. The summed E-state index contributed by atoms with van der Waals surface area (Å²) in [6.07, 6.45) is 7.07. The Balaban J connectivity index is 2.31. The van der Waals surface area contributed by atoms with Crippen LogP contribution in [0.15, 0.2) is 0 Å². The highest BCUT2D eigenvalue weighted by molar-refractivity contribution is 5.53. The van der Waals surface area contributed by atoms with Gasteiger partial charge >= 0.3 is 0 Å². The molecule has 0 amide bonds. The van der Waals surface area contributed by atoms with Crippen LogP contribution in [0.1, 0.15) is 39.0 Å². The summed E-state index contributed by atoms with van der Waals surface area (Å²) in [7, 11) is 0. The van der Waals surface area contributed by atoms with Gasteiger partial charge in [0.15, 0.2) is 0 Å². The summed E-state index contributed by atoms with van der Waals surface area (Å²) in [5.74, 6) is 1.46. The fourth-order valence-corrected chi connectivity index (χ4v) is 2.19. The highest BCUT2D eigenvalue weighted by Crippen LogP contribution is 2.33. The molecule has 0 aromatic rings. The monoisotopic (exact) mass is 182 g/mol. The first kappa shape index (κ1) is 10.4. The third-order valence-corrected chi connectivity index (χ3v) is 3.28. The van der Waals surface area contributed by atoms with E-state index in [1.807, 2.05) is 0 Å². The molecule has 0 bridgehead atoms. The molecule has 1 fully saturated rings. The standard InChI is InChI=1S/C11H18O2/c1-9(6-7-12)11-4-2-10(8-13)3-5-11/h7-11H,2-6H2,1H3. The molecule has 0 radical (unpaired) electrons. The van der Waals surface area contributed by atoms with Crippen molar-refractivity contribution in [3.63, 3.8) is 0 Å². The Hall–Kier alpha value is -0.660. The first-order chi connectivity index (χ1) is 6.27. The van der Waals surface area contributed by atoms with Crippen LogP contribution in [0.4, 0.5) is 0 Å².